The molecule has 1 unspecified atom stereocenters. The van der Waals surface area contributed by atoms with Gasteiger partial charge in [-0.25, -0.2) is 0 Å². The van der Waals surface area contributed by atoms with E-state index in [4.69, 9.17) is 16.3 Å². The van der Waals surface area contributed by atoms with Gasteiger partial charge in [-0.05, 0) is 12.3 Å². The molecular weight excluding hydrogens is 214 g/mol. The fourth-order valence-corrected chi connectivity index (χ4v) is 1.05. The van der Waals surface area contributed by atoms with Gasteiger partial charge in [0, 0.05) is 24.9 Å². The monoisotopic (exact) mass is 235 g/mol. The van der Waals surface area contributed by atoms with Gasteiger partial charge in [0.2, 0.25) is 5.91 Å². The molecule has 90 valence electrons. The lowest BCUT2D eigenvalue weighted by molar-refractivity contribution is -0.124. The minimum Gasteiger partial charge on any atom is -0.380 e. The summed E-state index contributed by atoms with van der Waals surface area (Å²) in [6, 6.07) is 0. The summed E-state index contributed by atoms with van der Waals surface area (Å²) in [5.41, 5.74) is 0. The van der Waals surface area contributed by atoms with E-state index in [-0.39, 0.29) is 11.8 Å². The van der Waals surface area contributed by atoms with Crippen LogP contribution < -0.4 is 5.32 Å². The Hall–Kier alpha value is -0.280. The van der Waals surface area contributed by atoms with Crippen LogP contribution in [0, 0.1) is 11.8 Å². The van der Waals surface area contributed by atoms with E-state index in [1.54, 1.807) is 0 Å². The average Bonchev–Trinajstić information content (AvgIpc) is 2.21. The van der Waals surface area contributed by atoms with Crippen LogP contribution in [0.15, 0.2) is 0 Å². The molecule has 0 aromatic heterocycles. The van der Waals surface area contributed by atoms with Crippen molar-refractivity contribution in [3.8, 4) is 0 Å². The molecule has 0 saturated carbocycles. The second-order valence-corrected chi connectivity index (χ2v) is 4.45. The highest BCUT2D eigenvalue weighted by molar-refractivity contribution is 6.19. The van der Waals surface area contributed by atoms with Crippen LogP contribution in [0.3, 0.4) is 0 Å². The molecule has 3 nitrogen and oxygen atoms in total. The van der Waals surface area contributed by atoms with Crippen molar-refractivity contribution in [3.05, 3.63) is 0 Å². The van der Waals surface area contributed by atoms with Crippen LogP contribution in [0.4, 0.5) is 0 Å². The van der Waals surface area contributed by atoms with Crippen LogP contribution in [0.2, 0.25) is 0 Å². The summed E-state index contributed by atoms with van der Waals surface area (Å²) in [6.45, 7) is 8.03. The fraction of sp³-hybridized carbons (Fsp3) is 0.909. The normalized spacial score (nSPS) is 12.9. The molecule has 15 heavy (non-hydrogen) atoms. The van der Waals surface area contributed by atoms with Gasteiger partial charge in [-0.2, -0.15) is 0 Å². The Kier molecular flexibility index (Phi) is 8.82. The molecule has 0 aliphatic carbocycles. The van der Waals surface area contributed by atoms with Crippen molar-refractivity contribution >= 4 is 17.5 Å². The molecule has 0 fully saturated rings. The number of nitrogens with one attached hydrogen (secondary N) is 1. The summed E-state index contributed by atoms with van der Waals surface area (Å²) in [6.07, 6.45) is 1.06. The van der Waals surface area contributed by atoms with Gasteiger partial charge in [0.1, 0.15) is 0 Å². The van der Waals surface area contributed by atoms with Gasteiger partial charge in [-0.15, -0.1) is 11.6 Å². The van der Waals surface area contributed by atoms with Crippen molar-refractivity contribution in [2.24, 2.45) is 11.8 Å². The highest BCUT2D eigenvalue weighted by atomic mass is 35.5. The summed E-state index contributed by atoms with van der Waals surface area (Å²) >= 11 is 5.55. The maximum atomic E-state index is 11.3. The number of hydrogen-bond acceptors (Lipinski definition) is 2. The van der Waals surface area contributed by atoms with Crippen molar-refractivity contribution in [3.63, 3.8) is 0 Å². The van der Waals surface area contributed by atoms with Crippen molar-refractivity contribution in [1.29, 1.82) is 0 Å². The predicted molar refractivity (Wildman–Crippen MR) is 63.2 cm³/mol. The first kappa shape index (κ1) is 14.7. The van der Waals surface area contributed by atoms with Gasteiger partial charge in [-0.3, -0.25) is 4.79 Å². The molecule has 4 heteroatoms. The SMILES string of the molecule is CC(C)CCOCCNC(=O)C(C)CCl. The van der Waals surface area contributed by atoms with E-state index in [9.17, 15) is 4.79 Å². The quantitative estimate of drug-likeness (QED) is 0.517. The number of carbonyl (C=O) groups is 1. The topological polar surface area (TPSA) is 38.3 Å². The first-order valence-electron chi connectivity index (χ1n) is 5.49. The molecule has 0 saturated heterocycles. The Bertz CT molecular complexity index is 174. The molecule has 0 spiro atoms. The van der Waals surface area contributed by atoms with Gasteiger partial charge in [-0.1, -0.05) is 20.8 Å². The summed E-state index contributed by atoms with van der Waals surface area (Å²) in [5.74, 6) is 0.899. The third-order valence-corrected chi connectivity index (χ3v) is 2.53. The molecule has 0 aliphatic rings. The Labute approximate surface area is 97.5 Å². The summed E-state index contributed by atoms with van der Waals surface area (Å²) in [4.78, 5) is 11.3. The van der Waals surface area contributed by atoms with Gasteiger partial charge in [0.25, 0.3) is 0 Å². The highest BCUT2D eigenvalue weighted by Crippen LogP contribution is 1.99. The zero-order valence-electron chi connectivity index (χ0n) is 9.88. The fourth-order valence-electron chi connectivity index (χ4n) is 0.912. The summed E-state index contributed by atoms with van der Waals surface area (Å²) in [7, 11) is 0. The minimum absolute atomic E-state index is 0.00235. The molecule has 1 N–H and O–H groups in total. The van der Waals surface area contributed by atoms with Gasteiger partial charge < -0.3 is 10.1 Å². The number of ether oxygens (including phenoxy) is 1. The van der Waals surface area contributed by atoms with Gasteiger partial charge >= 0.3 is 0 Å². The van der Waals surface area contributed by atoms with Crippen molar-refractivity contribution in [2.75, 3.05) is 25.6 Å². The largest absolute Gasteiger partial charge is 0.380 e. The first-order valence-corrected chi connectivity index (χ1v) is 6.02. The van der Waals surface area contributed by atoms with Crippen molar-refractivity contribution in [1.82, 2.24) is 5.32 Å². The van der Waals surface area contributed by atoms with E-state index in [0.29, 0.717) is 24.9 Å². The Morgan fingerprint density at radius 3 is 2.53 bits per heavy atom. The molecule has 0 aliphatic heterocycles. The standard InChI is InChI=1S/C11H22ClNO2/c1-9(2)4-6-15-7-5-13-11(14)10(3)8-12/h9-10H,4-8H2,1-3H3,(H,13,14). The molecule has 0 aromatic rings. The minimum atomic E-state index is -0.123. The number of amides is 1. The van der Waals surface area contributed by atoms with Gasteiger partial charge in [0.05, 0.1) is 6.61 Å². The number of halogens is 1. The summed E-state index contributed by atoms with van der Waals surface area (Å²) in [5, 5.41) is 2.77. The average molecular weight is 236 g/mol. The van der Waals surface area contributed by atoms with Gasteiger partial charge in [0.15, 0.2) is 0 Å². The van der Waals surface area contributed by atoms with Crippen molar-refractivity contribution < 1.29 is 9.53 Å². The smallest absolute Gasteiger partial charge is 0.224 e. The highest BCUT2D eigenvalue weighted by Gasteiger charge is 2.09. The summed E-state index contributed by atoms with van der Waals surface area (Å²) < 4.78 is 5.36. The van der Waals surface area contributed by atoms with E-state index in [1.165, 1.54) is 0 Å². The van der Waals surface area contributed by atoms with Crippen LogP contribution in [0.25, 0.3) is 0 Å². The van der Waals surface area contributed by atoms with Crippen LogP contribution in [-0.4, -0.2) is 31.5 Å². The molecule has 1 amide bonds. The number of carbonyl (C=O) groups excluding carboxylic acids is 1. The molecule has 0 radical (unpaired) electrons. The second kappa shape index (κ2) is 8.98. The molecular formula is C11H22ClNO2. The molecule has 0 bridgehead atoms. The Balaban J connectivity index is 3.27. The maximum absolute atomic E-state index is 11.3. The zero-order valence-corrected chi connectivity index (χ0v) is 10.6. The predicted octanol–water partition coefficient (Wildman–Crippen LogP) is 2.04. The molecule has 0 heterocycles. The van der Waals surface area contributed by atoms with Crippen molar-refractivity contribution in [2.45, 2.75) is 27.2 Å². The Morgan fingerprint density at radius 1 is 1.33 bits per heavy atom. The number of alkyl halides is 1. The van der Waals surface area contributed by atoms with Crippen LogP contribution in [-0.2, 0) is 9.53 Å². The number of rotatable bonds is 8. The molecule has 1 atom stereocenters. The zero-order chi connectivity index (χ0) is 11.7. The maximum Gasteiger partial charge on any atom is 0.224 e. The third-order valence-electron chi connectivity index (χ3n) is 2.06. The van der Waals surface area contributed by atoms with Crippen LogP contribution in [0.5, 0.6) is 0 Å². The third kappa shape index (κ3) is 8.70. The first-order chi connectivity index (χ1) is 7.07. The van der Waals surface area contributed by atoms with E-state index in [2.05, 4.69) is 19.2 Å². The Morgan fingerprint density at radius 2 is 2.00 bits per heavy atom. The van der Waals surface area contributed by atoms with Crippen LogP contribution >= 0.6 is 11.6 Å². The lowest BCUT2D eigenvalue weighted by Crippen LogP contribution is -2.32. The second-order valence-electron chi connectivity index (χ2n) is 4.14. The molecule has 0 aromatic carbocycles. The van der Waals surface area contributed by atoms with E-state index in [0.717, 1.165) is 13.0 Å². The van der Waals surface area contributed by atoms with E-state index < -0.39 is 0 Å². The van der Waals surface area contributed by atoms with E-state index in [1.807, 2.05) is 6.92 Å². The number of hydrogen-bond donors (Lipinski definition) is 1. The van der Waals surface area contributed by atoms with E-state index >= 15 is 0 Å². The lowest BCUT2D eigenvalue weighted by Gasteiger charge is -2.10. The molecule has 0 rings (SSSR count). The lowest BCUT2D eigenvalue weighted by atomic mass is 10.1. The van der Waals surface area contributed by atoms with Crippen LogP contribution in [0.1, 0.15) is 27.2 Å².